The minimum Gasteiger partial charge on any atom is -0.309 e. The zero-order chi connectivity index (χ0) is 47.1. The van der Waals surface area contributed by atoms with Crippen LogP contribution in [0.4, 0.5) is 0 Å². The van der Waals surface area contributed by atoms with Gasteiger partial charge in [0.2, 0.25) is 0 Å². The highest BCUT2D eigenvalue weighted by atomic mass is 32.3. The van der Waals surface area contributed by atoms with Crippen LogP contribution < -0.4 is 0 Å². The summed E-state index contributed by atoms with van der Waals surface area (Å²) < 4.78 is 4.80. The van der Waals surface area contributed by atoms with Gasteiger partial charge in [0.05, 0.1) is 22.1 Å². The summed E-state index contributed by atoms with van der Waals surface area (Å²) in [6.45, 7) is 0. The summed E-state index contributed by atoms with van der Waals surface area (Å²) in [5.74, 6) is 0. The average Bonchev–Trinajstić information content (AvgIpc) is 3.93. The van der Waals surface area contributed by atoms with Gasteiger partial charge in [-0.2, -0.15) is 20.1 Å². The molecule has 0 N–H and O–H groups in total. The van der Waals surface area contributed by atoms with E-state index in [9.17, 15) is 0 Å². The molecule has 0 saturated carbocycles. The second-order valence-corrected chi connectivity index (χ2v) is 26.5. The highest BCUT2D eigenvalue weighted by molar-refractivity contribution is 8.33. The monoisotopic (exact) mass is 936 g/mol. The van der Waals surface area contributed by atoms with Gasteiger partial charge in [-0.3, -0.25) is 0 Å². The fourth-order valence-electron chi connectivity index (χ4n) is 11.2. The fourth-order valence-corrected chi connectivity index (χ4v) is 15.0. The van der Waals surface area contributed by atoms with Gasteiger partial charge in [0.15, 0.2) is 0 Å². The van der Waals surface area contributed by atoms with Crippen LogP contribution in [-0.2, 0) is 0 Å². The first-order valence-electron chi connectivity index (χ1n) is 24.0. The van der Waals surface area contributed by atoms with Crippen molar-refractivity contribution >= 4 is 85.2 Å². The van der Waals surface area contributed by atoms with Crippen LogP contribution in [0.5, 0.6) is 0 Å². The van der Waals surface area contributed by atoms with Gasteiger partial charge >= 0.3 is 0 Å². The van der Waals surface area contributed by atoms with Crippen molar-refractivity contribution in [2.75, 3.05) is 25.0 Å². The number of rotatable bonds is 8. The number of hydrogen-bond acceptors (Lipinski definition) is 0. The van der Waals surface area contributed by atoms with Crippen LogP contribution in [0.2, 0.25) is 0 Å². The zero-order valence-corrected chi connectivity index (χ0v) is 41.4. The Morgan fingerprint density at radius 2 is 0.529 bits per heavy atom. The molecule has 0 fully saturated rings. The molecule has 0 radical (unpaired) electrons. The maximum absolute atomic E-state index is 2.46. The third kappa shape index (κ3) is 6.65. The van der Waals surface area contributed by atoms with Gasteiger partial charge in [-0.05, 0) is 185 Å². The summed E-state index contributed by atoms with van der Waals surface area (Å²) in [5.41, 5.74) is 12.4. The largest absolute Gasteiger partial charge is 0.309 e. The molecule has 2 heterocycles. The van der Waals surface area contributed by atoms with Gasteiger partial charge in [0, 0.05) is 32.9 Å². The standard InChI is InChI=1S/C66H52N2S2/c1-69(2,51-39-41-63-59(43-51)53-23-15-17-29-61(53)67(63)47-19-7-5-8-20-47)49-35-31-45(32-36-49)65-55-25-11-13-27-57(55)66(58-28-14-12-26-56(58)65)46-33-37-50(38-34-46)70(3,4)52-40-42-64-60(44-52)54-24-16-18-30-62(54)68(64)48-21-9-6-10-22-48/h5-44H,1-4H3. The molecule has 0 saturated heterocycles. The maximum Gasteiger partial charge on any atom is 0.0541 e. The second-order valence-electron chi connectivity index (χ2n) is 19.3. The minimum atomic E-state index is -1.35. The van der Waals surface area contributed by atoms with E-state index in [1.807, 2.05) is 0 Å². The van der Waals surface area contributed by atoms with Crippen LogP contribution in [0.15, 0.2) is 262 Å². The molecule has 0 unspecified atom stereocenters. The van der Waals surface area contributed by atoms with Crippen molar-refractivity contribution in [1.82, 2.24) is 9.13 Å². The van der Waals surface area contributed by atoms with Gasteiger partial charge in [-0.25, -0.2) is 0 Å². The Morgan fingerprint density at radius 3 is 0.886 bits per heavy atom. The van der Waals surface area contributed by atoms with Gasteiger partial charge < -0.3 is 9.13 Å². The number of aromatic nitrogens is 2. The molecule has 0 aliphatic rings. The second kappa shape index (κ2) is 16.4. The maximum atomic E-state index is 2.46. The molecule has 0 aliphatic carbocycles. The Labute approximate surface area is 412 Å². The summed E-state index contributed by atoms with van der Waals surface area (Å²) in [4.78, 5) is 5.51. The Morgan fingerprint density at radius 1 is 0.243 bits per heavy atom. The summed E-state index contributed by atoms with van der Waals surface area (Å²) in [5, 5.41) is 10.3. The first-order valence-corrected chi connectivity index (χ1v) is 28.9. The number of benzene rings is 11. The molecule has 0 spiro atoms. The SMILES string of the molecule is CS(C)(c1ccc(-c2c3ccccc3c(-c3ccc(S(C)(C)c4ccc5c(c4)c4ccccc4n5-c4ccccc4)cc3)c3ccccc23)cc1)c1ccc2c(c1)c1ccccc1n2-c1ccccc1. The lowest BCUT2D eigenvalue weighted by atomic mass is 9.86. The van der Waals surface area contributed by atoms with E-state index in [0.717, 1.165) is 0 Å². The van der Waals surface area contributed by atoms with Crippen LogP contribution in [0.1, 0.15) is 0 Å². The third-order valence-corrected chi connectivity index (χ3v) is 20.7. The van der Waals surface area contributed by atoms with E-state index in [4.69, 9.17) is 0 Å². The average molecular weight is 937 g/mol. The Balaban J connectivity index is 0.859. The van der Waals surface area contributed by atoms with E-state index in [1.54, 1.807) is 0 Å². The Bertz CT molecular complexity index is 3820. The summed E-state index contributed by atoms with van der Waals surface area (Å²) in [6.07, 6.45) is 9.77. The van der Waals surface area contributed by atoms with Gasteiger partial charge in [-0.1, -0.05) is 146 Å². The first kappa shape index (κ1) is 42.4. The van der Waals surface area contributed by atoms with E-state index in [2.05, 4.69) is 277 Å². The fraction of sp³-hybridized carbons (Fsp3) is 0.0606. The highest BCUT2D eigenvalue weighted by Crippen LogP contribution is 2.59. The molecule has 0 amide bonds. The van der Waals surface area contributed by atoms with E-state index < -0.39 is 20.1 Å². The van der Waals surface area contributed by atoms with Crippen LogP contribution in [-0.4, -0.2) is 34.2 Å². The first-order chi connectivity index (χ1) is 34.3. The Kier molecular flexibility index (Phi) is 9.95. The van der Waals surface area contributed by atoms with E-state index >= 15 is 0 Å². The lowest BCUT2D eigenvalue weighted by molar-refractivity contribution is 1.18. The van der Waals surface area contributed by atoms with Gasteiger partial charge in [0.25, 0.3) is 0 Å². The Hall–Kier alpha value is -7.76. The highest BCUT2D eigenvalue weighted by Gasteiger charge is 2.24. The number of para-hydroxylation sites is 4. The van der Waals surface area contributed by atoms with Crippen molar-refractivity contribution in [3.63, 3.8) is 0 Å². The lowest BCUT2D eigenvalue weighted by Gasteiger charge is -2.33. The van der Waals surface area contributed by atoms with Crippen molar-refractivity contribution < 1.29 is 0 Å². The van der Waals surface area contributed by atoms with Crippen LogP contribution in [0.3, 0.4) is 0 Å². The number of fused-ring (bicyclic) bond motifs is 8. The molecule has 338 valence electrons. The molecule has 11 aromatic carbocycles. The van der Waals surface area contributed by atoms with Crippen molar-refractivity contribution in [3.8, 4) is 33.6 Å². The predicted octanol–water partition coefficient (Wildman–Crippen LogP) is 18.5. The topological polar surface area (TPSA) is 9.86 Å². The van der Waals surface area contributed by atoms with Crippen molar-refractivity contribution in [1.29, 1.82) is 0 Å². The molecule has 0 atom stereocenters. The van der Waals surface area contributed by atoms with Crippen LogP contribution in [0.25, 0.3) is 98.8 Å². The number of nitrogens with zero attached hydrogens (tertiary/aromatic N) is 2. The normalized spacial score (nSPS) is 12.7. The number of hydrogen-bond donors (Lipinski definition) is 0. The van der Waals surface area contributed by atoms with Crippen molar-refractivity contribution in [3.05, 3.63) is 243 Å². The minimum absolute atomic E-state index is 1.18. The molecule has 13 rings (SSSR count). The summed E-state index contributed by atoms with van der Waals surface area (Å²) in [7, 11) is -2.70. The van der Waals surface area contributed by atoms with Crippen molar-refractivity contribution in [2.24, 2.45) is 0 Å². The van der Waals surface area contributed by atoms with E-state index in [-0.39, 0.29) is 0 Å². The molecule has 0 bridgehead atoms. The smallest absolute Gasteiger partial charge is 0.0541 e. The lowest BCUT2D eigenvalue weighted by Crippen LogP contribution is -1.99. The zero-order valence-electron chi connectivity index (χ0n) is 39.8. The molecular formula is C66H52N2S2. The summed E-state index contributed by atoms with van der Waals surface area (Å²) >= 11 is 0. The van der Waals surface area contributed by atoms with E-state index in [0.29, 0.717) is 0 Å². The van der Waals surface area contributed by atoms with Crippen LogP contribution >= 0.6 is 20.1 Å². The molecular weight excluding hydrogens is 885 g/mol. The molecule has 13 aromatic rings. The van der Waals surface area contributed by atoms with Crippen molar-refractivity contribution in [2.45, 2.75) is 19.6 Å². The predicted molar refractivity (Wildman–Crippen MR) is 306 cm³/mol. The molecule has 4 heteroatoms. The third-order valence-electron chi connectivity index (χ3n) is 14.9. The quantitative estimate of drug-likeness (QED) is 0.134. The van der Waals surface area contributed by atoms with Gasteiger partial charge in [-0.15, -0.1) is 0 Å². The van der Waals surface area contributed by atoms with Gasteiger partial charge in [0.1, 0.15) is 0 Å². The van der Waals surface area contributed by atoms with E-state index in [1.165, 1.54) is 118 Å². The molecule has 70 heavy (non-hydrogen) atoms. The van der Waals surface area contributed by atoms with Crippen LogP contribution in [0, 0.1) is 0 Å². The molecule has 0 aliphatic heterocycles. The molecule has 2 aromatic heterocycles. The summed E-state index contributed by atoms with van der Waals surface area (Å²) in [6, 6.07) is 90.5. The molecule has 2 nitrogen and oxygen atoms in total.